The Labute approximate surface area is 137 Å². The zero-order valence-corrected chi connectivity index (χ0v) is 14.1. The summed E-state index contributed by atoms with van der Waals surface area (Å²) in [6.45, 7) is 6.55. The minimum Gasteiger partial charge on any atom is -0.377 e. The van der Waals surface area contributed by atoms with E-state index in [1.165, 1.54) is 6.92 Å². The third-order valence-electron chi connectivity index (χ3n) is 2.76. The fourth-order valence-corrected chi connectivity index (χ4v) is 1.46. The smallest absolute Gasteiger partial charge is 0.155 e. The molecule has 0 amide bonds. The second kappa shape index (κ2) is 16.2. The number of hydrogen-bond donors (Lipinski definition) is 1. The molecule has 0 fully saturated rings. The Morgan fingerprint density at radius 3 is 1.78 bits per heavy atom. The van der Waals surface area contributed by atoms with Gasteiger partial charge in [-0.05, 0) is 13.8 Å². The topological polar surface area (TPSA) is 89.2 Å². The molecule has 0 saturated heterocycles. The number of carbonyl (C=O) groups excluding carboxylic acids is 1. The molecule has 138 valence electrons. The summed E-state index contributed by atoms with van der Waals surface area (Å²) in [5.41, 5.74) is 5.20. The molecule has 0 aromatic heterocycles. The molecule has 0 radical (unpaired) electrons. The number of Topliss-reactive ketones (excluding diaryl/α,β-unsaturated/α-hetero) is 1. The van der Waals surface area contributed by atoms with Gasteiger partial charge in [0, 0.05) is 6.54 Å². The highest BCUT2D eigenvalue weighted by Gasteiger charge is 2.14. The number of alkyl halides is 1. The summed E-state index contributed by atoms with van der Waals surface area (Å²) in [5.74, 6) is -0.00270. The molecule has 0 heterocycles. The lowest BCUT2D eigenvalue weighted by molar-refractivity contribution is -0.122. The highest BCUT2D eigenvalue weighted by Crippen LogP contribution is 2.01. The van der Waals surface area contributed by atoms with Crippen molar-refractivity contribution in [3.63, 3.8) is 0 Å². The number of rotatable bonds is 17. The quantitative estimate of drug-likeness (QED) is 0.382. The maximum Gasteiger partial charge on any atom is 0.155 e. The Morgan fingerprint density at radius 1 is 0.913 bits per heavy atom. The number of nitrogens with two attached hydrogens (primary N) is 1. The van der Waals surface area contributed by atoms with Crippen molar-refractivity contribution < 1.29 is 32.9 Å². The van der Waals surface area contributed by atoms with Crippen LogP contribution < -0.4 is 5.73 Å². The highest BCUT2D eigenvalue weighted by atomic mass is 19.1. The van der Waals surface area contributed by atoms with Gasteiger partial charge in [0.2, 0.25) is 0 Å². The van der Waals surface area contributed by atoms with E-state index < -0.39 is 12.3 Å². The summed E-state index contributed by atoms with van der Waals surface area (Å²) >= 11 is 0. The lowest BCUT2D eigenvalue weighted by Gasteiger charge is -2.15. The zero-order valence-electron chi connectivity index (χ0n) is 14.1. The van der Waals surface area contributed by atoms with Crippen molar-refractivity contribution in [3.05, 3.63) is 0 Å². The van der Waals surface area contributed by atoms with Gasteiger partial charge in [0.15, 0.2) is 5.78 Å². The van der Waals surface area contributed by atoms with E-state index >= 15 is 0 Å². The Morgan fingerprint density at radius 2 is 1.35 bits per heavy atom. The molecule has 0 saturated carbocycles. The van der Waals surface area contributed by atoms with Crippen LogP contribution in [0.5, 0.6) is 0 Å². The summed E-state index contributed by atoms with van der Waals surface area (Å²) in [6, 6.07) is 0. The predicted molar refractivity (Wildman–Crippen MR) is 83.3 cm³/mol. The molecule has 0 aromatic carbocycles. The first-order valence-corrected chi connectivity index (χ1v) is 7.84. The van der Waals surface area contributed by atoms with Crippen LogP contribution in [0.2, 0.25) is 0 Å². The molecule has 8 heteroatoms. The van der Waals surface area contributed by atoms with Crippen LogP contribution >= 0.6 is 0 Å². The van der Waals surface area contributed by atoms with E-state index in [9.17, 15) is 9.18 Å². The molecule has 0 aliphatic rings. The van der Waals surface area contributed by atoms with Crippen LogP contribution in [0.25, 0.3) is 0 Å². The molecule has 0 rings (SSSR count). The summed E-state index contributed by atoms with van der Waals surface area (Å²) < 4.78 is 39.2. The van der Waals surface area contributed by atoms with Gasteiger partial charge in [-0.3, -0.25) is 4.79 Å². The van der Waals surface area contributed by atoms with Crippen LogP contribution in [-0.2, 0) is 28.5 Å². The van der Waals surface area contributed by atoms with Crippen LogP contribution in [0.15, 0.2) is 0 Å². The van der Waals surface area contributed by atoms with Gasteiger partial charge in [-0.1, -0.05) is 0 Å². The standard InChI is InChI=1S/C15H30FNO6/c1-13(18)12-22-8-7-20-4-3-19-5-6-21-9-10-23-14(2)15(16)11-17/h14-15H,3-12,17H2,1-2H3. The lowest BCUT2D eigenvalue weighted by Crippen LogP contribution is -2.30. The van der Waals surface area contributed by atoms with Crippen molar-refractivity contribution >= 4 is 5.78 Å². The Balaban J connectivity index is 3.12. The molecule has 23 heavy (non-hydrogen) atoms. The van der Waals surface area contributed by atoms with E-state index in [-0.39, 0.29) is 18.9 Å². The first-order valence-electron chi connectivity index (χ1n) is 7.84. The van der Waals surface area contributed by atoms with E-state index in [0.29, 0.717) is 52.9 Å². The number of ketones is 1. The van der Waals surface area contributed by atoms with Gasteiger partial charge in [-0.25, -0.2) is 4.39 Å². The molecule has 0 aromatic rings. The minimum atomic E-state index is -1.15. The van der Waals surface area contributed by atoms with Crippen molar-refractivity contribution in [1.29, 1.82) is 0 Å². The van der Waals surface area contributed by atoms with Gasteiger partial charge in [0.25, 0.3) is 0 Å². The maximum absolute atomic E-state index is 13.1. The van der Waals surface area contributed by atoms with Gasteiger partial charge < -0.3 is 29.4 Å². The molecular weight excluding hydrogens is 309 g/mol. The van der Waals surface area contributed by atoms with Crippen molar-refractivity contribution in [2.24, 2.45) is 5.73 Å². The molecule has 2 N–H and O–H groups in total. The number of halogens is 1. The molecular formula is C15H30FNO6. The Kier molecular flexibility index (Phi) is 15.8. The molecule has 0 aliphatic carbocycles. The third kappa shape index (κ3) is 16.0. The minimum absolute atomic E-state index is 0.00270. The Bertz CT molecular complexity index is 283. The van der Waals surface area contributed by atoms with Gasteiger partial charge in [0.05, 0.1) is 59.0 Å². The van der Waals surface area contributed by atoms with Crippen molar-refractivity contribution in [3.8, 4) is 0 Å². The molecule has 2 atom stereocenters. The van der Waals surface area contributed by atoms with Gasteiger partial charge >= 0.3 is 0 Å². The maximum atomic E-state index is 13.1. The fourth-order valence-electron chi connectivity index (χ4n) is 1.46. The number of carbonyl (C=O) groups is 1. The van der Waals surface area contributed by atoms with Crippen LogP contribution in [0.4, 0.5) is 4.39 Å². The van der Waals surface area contributed by atoms with Crippen molar-refractivity contribution in [2.75, 3.05) is 66.0 Å². The van der Waals surface area contributed by atoms with E-state index in [1.807, 2.05) is 0 Å². The molecule has 2 unspecified atom stereocenters. The molecule has 0 bridgehead atoms. The second-order valence-corrected chi connectivity index (χ2v) is 4.92. The van der Waals surface area contributed by atoms with Gasteiger partial charge in [0.1, 0.15) is 12.8 Å². The van der Waals surface area contributed by atoms with Gasteiger partial charge in [-0.2, -0.15) is 0 Å². The fraction of sp³-hybridized carbons (Fsp3) is 0.933. The van der Waals surface area contributed by atoms with Gasteiger partial charge in [-0.15, -0.1) is 0 Å². The monoisotopic (exact) mass is 339 g/mol. The van der Waals surface area contributed by atoms with E-state index in [1.54, 1.807) is 6.92 Å². The van der Waals surface area contributed by atoms with Crippen LogP contribution in [0.1, 0.15) is 13.8 Å². The summed E-state index contributed by atoms with van der Waals surface area (Å²) in [4.78, 5) is 10.6. The normalized spacial score (nSPS) is 13.9. The van der Waals surface area contributed by atoms with Crippen LogP contribution in [0, 0.1) is 0 Å². The Hall–Kier alpha value is -0.640. The SMILES string of the molecule is CC(=O)COCCOCCOCCOCCOC(C)C(F)CN. The zero-order chi connectivity index (χ0) is 17.3. The summed E-state index contributed by atoms with van der Waals surface area (Å²) in [6.07, 6.45) is -1.66. The number of hydrogen-bond acceptors (Lipinski definition) is 7. The van der Waals surface area contributed by atoms with Crippen LogP contribution in [0.3, 0.4) is 0 Å². The van der Waals surface area contributed by atoms with E-state index in [0.717, 1.165) is 0 Å². The lowest BCUT2D eigenvalue weighted by atomic mass is 10.2. The predicted octanol–water partition coefficient (Wildman–Crippen LogP) is 0.344. The van der Waals surface area contributed by atoms with E-state index in [2.05, 4.69) is 0 Å². The van der Waals surface area contributed by atoms with E-state index in [4.69, 9.17) is 29.4 Å². The molecule has 0 spiro atoms. The van der Waals surface area contributed by atoms with Crippen molar-refractivity contribution in [2.45, 2.75) is 26.1 Å². The summed E-state index contributed by atoms with van der Waals surface area (Å²) in [5, 5.41) is 0. The average Bonchev–Trinajstić information content (AvgIpc) is 2.53. The van der Waals surface area contributed by atoms with Crippen LogP contribution in [-0.4, -0.2) is 84.1 Å². The number of ether oxygens (including phenoxy) is 5. The third-order valence-corrected chi connectivity index (χ3v) is 2.76. The highest BCUT2D eigenvalue weighted by molar-refractivity contribution is 5.76. The average molecular weight is 339 g/mol. The molecule has 0 aliphatic heterocycles. The van der Waals surface area contributed by atoms with Crippen molar-refractivity contribution in [1.82, 2.24) is 0 Å². The largest absolute Gasteiger partial charge is 0.377 e. The summed E-state index contributed by atoms with van der Waals surface area (Å²) in [7, 11) is 0. The first kappa shape index (κ1) is 22.4. The second-order valence-electron chi connectivity index (χ2n) is 4.92. The molecule has 7 nitrogen and oxygen atoms in total. The first-order chi connectivity index (χ1) is 11.1.